The van der Waals surface area contributed by atoms with Gasteiger partial charge >= 0.3 is 5.97 Å². The largest absolute Gasteiger partial charge is 0.486 e. The monoisotopic (exact) mass is 313 g/mol. The van der Waals surface area contributed by atoms with Gasteiger partial charge < -0.3 is 19.1 Å². The van der Waals surface area contributed by atoms with Crippen LogP contribution in [0.3, 0.4) is 0 Å². The van der Waals surface area contributed by atoms with E-state index >= 15 is 0 Å². The summed E-state index contributed by atoms with van der Waals surface area (Å²) < 4.78 is 16.5. The number of carbonyl (C=O) groups is 1. The fourth-order valence-electron chi connectivity index (χ4n) is 2.49. The Hall–Kier alpha value is -1.46. The zero-order valence-corrected chi connectivity index (χ0v) is 12.9. The number of rotatable bonds is 2. The quantitative estimate of drug-likeness (QED) is 0.783. The SMILES string of the molecule is CN1CCC(OC(=O)c2ccc3c(c2)OCCO3)CC1.Cl. The molecule has 0 N–H and O–H groups in total. The highest BCUT2D eigenvalue weighted by atomic mass is 35.5. The molecular formula is C15H20ClNO4. The number of hydrogen-bond donors (Lipinski definition) is 0. The normalized spacial score (nSPS) is 18.7. The van der Waals surface area contributed by atoms with Crippen LogP contribution in [0.4, 0.5) is 0 Å². The molecule has 6 heteroatoms. The molecule has 0 atom stereocenters. The summed E-state index contributed by atoms with van der Waals surface area (Å²) in [5.41, 5.74) is 0.521. The second-order valence-corrected chi connectivity index (χ2v) is 5.27. The molecule has 0 bridgehead atoms. The van der Waals surface area contributed by atoms with E-state index in [1.807, 2.05) is 0 Å². The van der Waals surface area contributed by atoms with Gasteiger partial charge in [-0.2, -0.15) is 0 Å². The highest BCUT2D eigenvalue weighted by Crippen LogP contribution is 2.31. The molecule has 0 unspecified atom stereocenters. The third kappa shape index (κ3) is 3.80. The van der Waals surface area contributed by atoms with Crippen LogP contribution in [0.15, 0.2) is 18.2 Å². The van der Waals surface area contributed by atoms with Crippen LogP contribution in [-0.2, 0) is 4.74 Å². The lowest BCUT2D eigenvalue weighted by molar-refractivity contribution is 0.0138. The summed E-state index contributed by atoms with van der Waals surface area (Å²) in [5, 5.41) is 0. The smallest absolute Gasteiger partial charge is 0.338 e. The van der Waals surface area contributed by atoms with Gasteiger partial charge in [-0.1, -0.05) is 0 Å². The summed E-state index contributed by atoms with van der Waals surface area (Å²) >= 11 is 0. The fraction of sp³-hybridized carbons (Fsp3) is 0.533. The van der Waals surface area contributed by atoms with Gasteiger partial charge in [-0.05, 0) is 38.1 Å². The number of likely N-dealkylation sites (tertiary alicyclic amines) is 1. The fourth-order valence-corrected chi connectivity index (χ4v) is 2.49. The van der Waals surface area contributed by atoms with Gasteiger partial charge in [0, 0.05) is 13.1 Å². The molecule has 2 aliphatic heterocycles. The lowest BCUT2D eigenvalue weighted by atomic mass is 10.1. The summed E-state index contributed by atoms with van der Waals surface area (Å²) in [6, 6.07) is 5.19. The van der Waals surface area contributed by atoms with Crippen molar-refractivity contribution < 1.29 is 19.0 Å². The predicted octanol–water partition coefficient (Wildman–Crippen LogP) is 2.13. The van der Waals surface area contributed by atoms with Crippen molar-refractivity contribution in [1.82, 2.24) is 4.90 Å². The van der Waals surface area contributed by atoms with Crippen LogP contribution in [0.1, 0.15) is 23.2 Å². The summed E-state index contributed by atoms with van der Waals surface area (Å²) in [7, 11) is 2.08. The number of benzene rings is 1. The average Bonchev–Trinajstić information content (AvgIpc) is 2.49. The van der Waals surface area contributed by atoms with Crippen LogP contribution >= 0.6 is 12.4 Å². The third-order valence-corrected chi connectivity index (χ3v) is 3.72. The summed E-state index contributed by atoms with van der Waals surface area (Å²) in [5.74, 6) is 1.03. The first kappa shape index (κ1) is 15.9. The van der Waals surface area contributed by atoms with E-state index in [4.69, 9.17) is 14.2 Å². The van der Waals surface area contributed by atoms with Gasteiger partial charge in [-0.15, -0.1) is 12.4 Å². The predicted molar refractivity (Wildman–Crippen MR) is 80.6 cm³/mol. The second kappa shape index (κ2) is 7.00. The van der Waals surface area contributed by atoms with Crippen LogP contribution in [0, 0.1) is 0 Å². The second-order valence-electron chi connectivity index (χ2n) is 5.27. The average molecular weight is 314 g/mol. The summed E-state index contributed by atoms with van der Waals surface area (Å²) in [6.07, 6.45) is 1.81. The maximum Gasteiger partial charge on any atom is 0.338 e. The van der Waals surface area contributed by atoms with E-state index in [9.17, 15) is 4.79 Å². The minimum atomic E-state index is -0.281. The molecular weight excluding hydrogens is 294 g/mol. The van der Waals surface area contributed by atoms with E-state index < -0.39 is 0 Å². The Kier molecular flexibility index (Phi) is 5.31. The minimum absolute atomic E-state index is 0. The summed E-state index contributed by atoms with van der Waals surface area (Å²) in [4.78, 5) is 14.4. The Morgan fingerprint density at radius 2 is 1.86 bits per heavy atom. The Morgan fingerprint density at radius 3 is 2.57 bits per heavy atom. The first-order valence-corrected chi connectivity index (χ1v) is 7.01. The van der Waals surface area contributed by atoms with Crippen molar-refractivity contribution in [1.29, 1.82) is 0 Å². The van der Waals surface area contributed by atoms with Crippen molar-refractivity contribution in [3.8, 4) is 11.5 Å². The van der Waals surface area contributed by atoms with Crippen molar-refractivity contribution in [3.63, 3.8) is 0 Å². The standard InChI is InChI=1S/C15H19NO4.ClH/c1-16-6-4-12(5-7-16)20-15(17)11-2-3-13-14(10-11)19-9-8-18-13;/h2-3,10,12H,4-9H2,1H3;1H. The van der Waals surface area contributed by atoms with Gasteiger partial charge in [0.05, 0.1) is 5.56 Å². The van der Waals surface area contributed by atoms with Crippen molar-refractivity contribution in [2.24, 2.45) is 0 Å². The number of fused-ring (bicyclic) bond motifs is 1. The number of esters is 1. The van der Waals surface area contributed by atoms with Crippen LogP contribution in [0.2, 0.25) is 0 Å². The van der Waals surface area contributed by atoms with Gasteiger partial charge in [0.1, 0.15) is 19.3 Å². The number of nitrogens with zero attached hydrogens (tertiary/aromatic N) is 1. The van der Waals surface area contributed by atoms with Crippen molar-refractivity contribution in [3.05, 3.63) is 23.8 Å². The van der Waals surface area contributed by atoms with E-state index in [1.54, 1.807) is 18.2 Å². The molecule has 1 saturated heterocycles. The lowest BCUT2D eigenvalue weighted by Gasteiger charge is -2.28. The molecule has 21 heavy (non-hydrogen) atoms. The molecule has 3 rings (SSSR count). The highest BCUT2D eigenvalue weighted by molar-refractivity contribution is 5.90. The number of halogens is 1. The Morgan fingerprint density at radius 1 is 1.19 bits per heavy atom. The van der Waals surface area contributed by atoms with E-state index in [0.717, 1.165) is 25.9 Å². The Labute approximate surface area is 130 Å². The third-order valence-electron chi connectivity index (χ3n) is 3.72. The molecule has 0 aromatic heterocycles. The van der Waals surface area contributed by atoms with Crippen molar-refractivity contribution in [2.45, 2.75) is 18.9 Å². The summed E-state index contributed by atoms with van der Waals surface area (Å²) in [6.45, 7) is 3.00. The zero-order chi connectivity index (χ0) is 13.9. The molecule has 1 aromatic carbocycles. The van der Waals surface area contributed by atoms with Gasteiger partial charge in [0.15, 0.2) is 11.5 Å². The number of ether oxygens (including phenoxy) is 3. The maximum atomic E-state index is 12.1. The molecule has 116 valence electrons. The van der Waals surface area contributed by atoms with Crippen LogP contribution in [0.25, 0.3) is 0 Å². The maximum absolute atomic E-state index is 12.1. The number of piperidine rings is 1. The molecule has 1 aromatic rings. The van der Waals surface area contributed by atoms with Crippen LogP contribution in [0.5, 0.6) is 11.5 Å². The van der Waals surface area contributed by atoms with E-state index in [0.29, 0.717) is 30.3 Å². The van der Waals surface area contributed by atoms with E-state index in [1.165, 1.54) is 0 Å². The zero-order valence-electron chi connectivity index (χ0n) is 12.0. The first-order valence-electron chi connectivity index (χ1n) is 7.01. The molecule has 0 spiro atoms. The van der Waals surface area contributed by atoms with Crippen LogP contribution < -0.4 is 9.47 Å². The highest BCUT2D eigenvalue weighted by Gasteiger charge is 2.22. The van der Waals surface area contributed by atoms with Gasteiger partial charge in [0.25, 0.3) is 0 Å². The molecule has 0 radical (unpaired) electrons. The molecule has 0 aliphatic carbocycles. The van der Waals surface area contributed by atoms with E-state index in [-0.39, 0.29) is 24.5 Å². The van der Waals surface area contributed by atoms with Crippen LogP contribution in [-0.4, -0.2) is 50.3 Å². The van der Waals surface area contributed by atoms with Crippen molar-refractivity contribution >= 4 is 18.4 Å². The Balaban J connectivity index is 0.00000161. The van der Waals surface area contributed by atoms with Gasteiger partial charge in [-0.25, -0.2) is 4.79 Å². The molecule has 1 fully saturated rings. The number of hydrogen-bond acceptors (Lipinski definition) is 5. The molecule has 0 saturated carbocycles. The number of carbonyl (C=O) groups excluding carboxylic acids is 1. The molecule has 5 nitrogen and oxygen atoms in total. The van der Waals surface area contributed by atoms with E-state index in [2.05, 4.69) is 11.9 Å². The lowest BCUT2D eigenvalue weighted by Crippen LogP contribution is -2.35. The molecule has 0 amide bonds. The Bertz CT molecular complexity index is 500. The molecule has 2 aliphatic rings. The topological polar surface area (TPSA) is 48.0 Å². The van der Waals surface area contributed by atoms with Crippen molar-refractivity contribution in [2.75, 3.05) is 33.4 Å². The molecule has 2 heterocycles. The minimum Gasteiger partial charge on any atom is -0.486 e. The first-order chi connectivity index (χ1) is 9.72. The van der Waals surface area contributed by atoms with Gasteiger partial charge in [0.2, 0.25) is 0 Å². The van der Waals surface area contributed by atoms with Gasteiger partial charge in [-0.3, -0.25) is 0 Å².